The largest absolute Gasteiger partial charge is 0.481 e. The van der Waals surface area contributed by atoms with E-state index in [4.69, 9.17) is 4.74 Å². The first-order chi connectivity index (χ1) is 11.7. The lowest BCUT2D eigenvalue weighted by Gasteiger charge is -2.37. The van der Waals surface area contributed by atoms with Gasteiger partial charge in [-0.2, -0.15) is 0 Å². The number of methoxy groups -OCH3 is 1. The minimum absolute atomic E-state index is 0.548. The Morgan fingerprint density at radius 1 is 1.25 bits per heavy atom. The molecule has 2 atom stereocenters. The number of hydrogen-bond donors (Lipinski definition) is 1. The van der Waals surface area contributed by atoms with Crippen LogP contribution in [0.1, 0.15) is 24.6 Å². The Morgan fingerprint density at radius 3 is 2.83 bits per heavy atom. The van der Waals surface area contributed by atoms with Gasteiger partial charge in [-0.3, -0.25) is 9.88 Å². The first-order valence-electron chi connectivity index (χ1n) is 8.59. The van der Waals surface area contributed by atoms with Crippen molar-refractivity contribution in [2.45, 2.75) is 32.5 Å². The highest BCUT2D eigenvalue weighted by Gasteiger charge is 2.25. The average Bonchev–Trinajstić information content (AvgIpc) is 2.62. The minimum Gasteiger partial charge on any atom is -0.481 e. The number of piperidine rings is 1. The monoisotopic (exact) mass is 326 g/mol. The van der Waals surface area contributed by atoms with Crippen LogP contribution in [0, 0.1) is 5.92 Å². The van der Waals surface area contributed by atoms with E-state index in [2.05, 4.69) is 45.3 Å². The summed E-state index contributed by atoms with van der Waals surface area (Å²) in [5.41, 5.74) is 2.35. The molecule has 0 amide bonds. The second kappa shape index (κ2) is 8.22. The van der Waals surface area contributed by atoms with Crippen molar-refractivity contribution in [3.63, 3.8) is 0 Å². The van der Waals surface area contributed by atoms with Gasteiger partial charge in [-0.05, 0) is 30.0 Å². The van der Waals surface area contributed by atoms with Gasteiger partial charge in [0, 0.05) is 50.7 Å². The van der Waals surface area contributed by atoms with Crippen LogP contribution in [-0.4, -0.2) is 41.1 Å². The maximum Gasteiger partial charge on any atom is 0.212 e. The third kappa shape index (κ3) is 4.52. The highest BCUT2D eigenvalue weighted by atomic mass is 16.5. The zero-order valence-electron chi connectivity index (χ0n) is 14.5. The molecular weight excluding hydrogens is 300 g/mol. The van der Waals surface area contributed by atoms with Gasteiger partial charge in [-0.15, -0.1) is 0 Å². The third-order valence-electron chi connectivity index (χ3n) is 4.68. The first-order valence-corrected chi connectivity index (χ1v) is 8.59. The predicted octanol–water partition coefficient (Wildman–Crippen LogP) is 2.49. The summed E-state index contributed by atoms with van der Waals surface area (Å²) in [6.45, 7) is 6.34. The van der Waals surface area contributed by atoms with E-state index in [1.165, 1.54) is 5.56 Å². The molecule has 0 aliphatic carbocycles. The van der Waals surface area contributed by atoms with Crippen molar-refractivity contribution in [1.82, 2.24) is 20.2 Å². The molecule has 0 aromatic carbocycles. The second-order valence-corrected chi connectivity index (χ2v) is 6.52. The van der Waals surface area contributed by atoms with E-state index >= 15 is 0 Å². The molecular formula is C19H26N4O. The molecule has 0 radical (unpaired) electrons. The quantitative estimate of drug-likeness (QED) is 0.884. The number of nitrogens with zero attached hydrogens (tertiary/aromatic N) is 3. The number of likely N-dealkylation sites (tertiary alicyclic amines) is 1. The van der Waals surface area contributed by atoms with Crippen LogP contribution >= 0.6 is 0 Å². The van der Waals surface area contributed by atoms with Crippen LogP contribution in [0.2, 0.25) is 0 Å². The SMILES string of the molecule is COc1ccc(CN[C@H]2CCN(Cc3ccccn3)C[C@@H]2C)cn1. The molecule has 1 saturated heterocycles. The molecule has 3 heterocycles. The summed E-state index contributed by atoms with van der Waals surface area (Å²) < 4.78 is 5.10. The van der Waals surface area contributed by atoms with Gasteiger partial charge in [-0.25, -0.2) is 4.98 Å². The van der Waals surface area contributed by atoms with Gasteiger partial charge in [0.1, 0.15) is 0 Å². The molecule has 5 nitrogen and oxygen atoms in total. The van der Waals surface area contributed by atoms with Crippen molar-refractivity contribution >= 4 is 0 Å². The zero-order chi connectivity index (χ0) is 16.8. The molecule has 0 bridgehead atoms. The van der Waals surface area contributed by atoms with Crippen molar-refractivity contribution in [3.05, 3.63) is 54.0 Å². The van der Waals surface area contributed by atoms with E-state index in [1.807, 2.05) is 24.5 Å². The van der Waals surface area contributed by atoms with Crippen LogP contribution in [0.4, 0.5) is 0 Å². The third-order valence-corrected chi connectivity index (χ3v) is 4.68. The number of aromatic nitrogens is 2. The molecule has 128 valence electrons. The molecule has 24 heavy (non-hydrogen) atoms. The lowest BCUT2D eigenvalue weighted by Crippen LogP contribution is -2.47. The number of hydrogen-bond acceptors (Lipinski definition) is 5. The highest BCUT2D eigenvalue weighted by Crippen LogP contribution is 2.19. The smallest absolute Gasteiger partial charge is 0.212 e. The maximum absolute atomic E-state index is 5.10. The van der Waals surface area contributed by atoms with E-state index in [9.17, 15) is 0 Å². The molecule has 5 heteroatoms. The summed E-state index contributed by atoms with van der Waals surface area (Å²) >= 11 is 0. The van der Waals surface area contributed by atoms with Crippen LogP contribution in [0.3, 0.4) is 0 Å². The van der Waals surface area contributed by atoms with Gasteiger partial charge in [0.15, 0.2) is 0 Å². The number of pyridine rings is 2. The summed E-state index contributed by atoms with van der Waals surface area (Å²) in [6.07, 6.45) is 4.92. The summed E-state index contributed by atoms with van der Waals surface area (Å²) in [5.74, 6) is 1.28. The Bertz CT molecular complexity index is 617. The van der Waals surface area contributed by atoms with E-state index in [0.29, 0.717) is 17.8 Å². The van der Waals surface area contributed by atoms with Crippen LogP contribution in [0.15, 0.2) is 42.7 Å². The van der Waals surface area contributed by atoms with E-state index < -0.39 is 0 Å². The van der Waals surface area contributed by atoms with Gasteiger partial charge in [0.05, 0.1) is 12.8 Å². The zero-order valence-corrected chi connectivity index (χ0v) is 14.5. The minimum atomic E-state index is 0.548. The molecule has 1 fully saturated rings. The van der Waals surface area contributed by atoms with E-state index in [1.54, 1.807) is 7.11 Å². The van der Waals surface area contributed by atoms with Crippen LogP contribution in [0.5, 0.6) is 5.88 Å². The lowest BCUT2D eigenvalue weighted by atomic mass is 9.93. The van der Waals surface area contributed by atoms with Gasteiger partial charge < -0.3 is 10.1 Å². The molecule has 0 unspecified atom stereocenters. The summed E-state index contributed by atoms with van der Waals surface area (Å²) in [5, 5.41) is 3.69. The molecule has 0 spiro atoms. The Labute approximate surface area is 144 Å². The fourth-order valence-corrected chi connectivity index (χ4v) is 3.28. The van der Waals surface area contributed by atoms with Crippen LogP contribution < -0.4 is 10.1 Å². The van der Waals surface area contributed by atoms with Gasteiger partial charge in [-0.1, -0.05) is 19.1 Å². The Hall–Kier alpha value is -1.98. The Balaban J connectivity index is 1.46. The number of rotatable bonds is 6. The van der Waals surface area contributed by atoms with Crippen molar-refractivity contribution in [2.24, 2.45) is 5.92 Å². The van der Waals surface area contributed by atoms with Gasteiger partial charge >= 0.3 is 0 Å². The van der Waals surface area contributed by atoms with Gasteiger partial charge in [0.2, 0.25) is 5.88 Å². The number of nitrogens with one attached hydrogen (secondary N) is 1. The normalized spacial score (nSPS) is 21.6. The summed E-state index contributed by atoms with van der Waals surface area (Å²) in [7, 11) is 1.64. The molecule has 1 aliphatic heterocycles. The average molecular weight is 326 g/mol. The summed E-state index contributed by atoms with van der Waals surface area (Å²) in [4.78, 5) is 11.2. The standard InChI is InChI=1S/C19H26N4O/c1-15-13-23(14-17-5-3-4-9-20-17)10-8-18(15)21-11-16-6-7-19(24-2)22-12-16/h3-7,9,12,15,18,21H,8,10-11,13-14H2,1-2H3/t15-,18-/m0/s1. The fourth-order valence-electron chi connectivity index (χ4n) is 3.28. The van der Waals surface area contributed by atoms with Gasteiger partial charge in [0.25, 0.3) is 0 Å². The molecule has 2 aromatic heterocycles. The molecule has 1 N–H and O–H groups in total. The lowest BCUT2D eigenvalue weighted by molar-refractivity contribution is 0.139. The maximum atomic E-state index is 5.10. The first kappa shape index (κ1) is 16.9. The molecule has 3 rings (SSSR count). The molecule has 0 saturated carbocycles. The van der Waals surface area contributed by atoms with Crippen molar-refractivity contribution in [2.75, 3.05) is 20.2 Å². The van der Waals surface area contributed by atoms with Crippen LogP contribution in [0.25, 0.3) is 0 Å². The topological polar surface area (TPSA) is 50.3 Å². The second-order valence-electron chi connectivity index (χ2n) is 6.52. The van der Waals surface area contributed by atoms with Crippen LogP contribution in [-0.2, 0) is 13.1 Å². The fraction of sp³-hybridized carbons (Fsp3) is 0.474. The predicted molar refractivity (Wildman–Crippen MR) is 94.7 cm³/mol. The highest BCUT2D eigenvalue weighted by molar-refractivity contribution is 5.17. The van der Waals surface area contributed by atoms with Crippen molar-refractivity contribution in [3.8, 4) is 5.88 Å². The van der Waals surface area contributed by atoms with Crippen molar-refractivity contribution < 1.29 is 4.74 Å². The summed E-state index contributed by atoms with van der Waals surface area (Å²) in [6, 6.07) is 10.7. The number of ether oxygens (including phenoxy) is 1. The van der Waals surface area contributed by atoms with Crippen molar-refractivity contribution in [1.29, 1.82) is 0 Å². The molecule has 1 aliphatic rings. The Morgan fingerprint density at radius 2 is 2.17 bits per heavy atom. The molecule has 2 aromatic rings. The van der Waals surface area contributed by atoms with E-state index in [0.717, 1.165) is 38.3 Å². The van der Waals surface area contributed by atoms with E-state index in [-0.39, 0.29) is 0 Å². The Kier molecular flexibility index (Phi) is 5.77.